The van der Waals surface area contributed by atoms with Crippen LogP contribution in [0.4, 0.5) is 0 Å². The fraction of sp³-hybridized carbons (Fsp3) is 0.222. The van der Waals surface area contributed by atoms with Gasteiger partial charge in [-0.3, -0.25) is 0 Å². The summed E-state index contributed by atoms with van der Waals surface area (Å²) in [5.74, 6) is 0. The number of rotatable bonds is 4. The zero-order chi connectivity index (χ0) is 10.6. The molecule has 0 aliphatic heterocycles. The van der Waals surface area contributed by atoms with E-state index >= 15 is 0 Å². The van der Waals surface area contributed by atoms with Crippen LogP contribution >= 0.6 is 0 Å². The number of carbonyl (C=O) groups is 1. The molecule has 0 radical (unpaired) electrons. The smallest absolute Gasteiger partial charge is 0.240 e. The third kappa shape index (κ3) is 2.65. The van der Waals surface area contributed by atoms with Crippen molar-refractivity contribution >= 4 is 16.3 Å². The Kier molecular flexibility index (Phi) is 3.38. The predicted octanol–water partition coefficient (Wildman–Crippen LogP) is 0.472. The molecule has 4 nitrogen and oxygen atoms in total. The summed E-state index contributed by atoms with van der Waals surface area (Å²) in [5.41, 5.74) is 0.860. The zero-order valence-electron chi connectivity index (χ0n) is 7.73. The van der Waals surface area contributed by atoms with E-state index in [2.05, 4.69) is 4.72 Å². The highest BCUT2D eigenvalue weighted by Gasteiger charge is 2.12. The first-order valence-corrected chi connectivity index (χ1v) is 5.54. The summed E-state index contributed by atoms with van der Waals surface area (Å²) < 4.78 is 25.1. The van der Waals surface area contributed by atoms with Gasteiger partial charge in [-0.1, -0.05) is 12.1 Å². The molecular weight excluding hydrogens is 202 g/mol. The number of carbonyl (C=O) groups excluding carboxylic acids is 1. The molecule has 1 rings (SSSR count). The van der Waals surface area contributed by atoms with Gasteiger partial charge < -0.3 is 4.79 Å². The standard InChI is InChI=1S/C9H11NO3S/c1-8-3-2-4-9(7-8)14(12,13)10-5-6-11/h2-4,6-7,10H,5H2,1H3. The van der Waals surface area contributed by atoms with Crippen molar-refractivity contribution < 1.29 is 13.2 Å². The average molecular weight is 213 g/mol. The summed E-state index contributed by atoms with van der Waals surface area (Å²) >= 11 is 0. The summed E-state index contributed by atoms with van der Waals surface area (Å²) in [6.45, 7) is 1.61. The van der Waals surface area contributed by atoms with Crippen molar-refractivity contribution in [3.63, 3.8) is 0 Å². The molecule has 0 atom stereocenters. The van der Waals surface area contributed by atoms with Gasteiger partial charge in [-0.15, -0.1) is 0 Å². The Hall–Kier alpha value is -1.20. The molecule has 0 amide bonds. The highest BCUT2D eigenvalue weighted by atomic mass is 32.2. The van der Waals surface area contributed by atoms with Gasteiger partial charge in [0, 0.05) is 0 Å². The Morgan fingerprint density at radius 2 is 2.14 bits per heavy atom. The van der Waals surface area contributed by atoms with Crippen LogP contribution < -0.4 is 4.72 Å². The summed E-state index contributed by atoms with van der Waals surface area (Å²) in [4.78, 5) is 10.2. The van der Waals surface area contributed by atoms with E-state index in [4.69, 9.17) is 0 Å². The number of hydrogen-bond acceptors (Lipinski definition) is 3. The van der Waals surface area contributed by atoms with Gasteiger partial charge in [0.1, 0.15) is 6.29 Å². The second-order valence-corrected chi connectivity index (χ2v) is 4.60. The maximum atomic E-state index is 11.5. The molecule has 76 valence electrons. The largest absolute Gasteiger partial charge is 0.302 e. The first-order valence-electron chi connectivity index (χ1n) is 4.06. The normalized spacial score (nSPS) is 11.2. The Bertz CT molecular complexity index is 425. The minimum atomic E-state index is -3.53. The van der Waals surface area contributed by atoms with Crippen molar-refractivity contribution in [1.29, 1.82) is 0 Å². The number of sulfonamides is 1. The average Bonchev–Trinajstić information content (AvgIpc) is 2.15. The van der Waals surface area contributed by atoms with Crippen LogP contribution in [0.5, 0.6) is 0 Å². The van der Waals surface area contributed by atoms with E-state index in [0.717, 1.165) is 5.56 Å². The quantitative estimate of drug-likeness (QED) is 0.739. The van der Waals surface area contributed by atoms with Gasteiger partial charge in [-0.05, 0) is 24.6 Å². The minimum Gasteiger partial charge on any atom is -0.302 e. The Balaban J connectivity index is 2.98. The maximum Gasteiger partial charge on any atom is 0.240 e. The van der Waals surface area contributed by atoms with E-state index in [1.54, 1.807) is 25.1 Å². The van der Waals surface area contributed by atoms with Crippen LogP contribution in [0.3, 0.4) is 0 Å². The molecule has 0 unspecified atom stereocenters. The van der Waals surface area contributed by atoms with Gasteiger partial charge >= 0.3 is 0 Å². The maximum absolute atomic E-state index is 11.5. The van der Waals surface area contributed by atoms with E-state index in [1.165, 1.54) is 6.07 Å². The molecule has 0 aliphatic rings. The van der Waals surface area contributed by atoms with E-state index < -0.39 is 10.0 Å². The molecule has 0 aromatic heterocycles. The highest BCUT2D eigenvalue weighted by molar-refractivity contribution is 7.89. The third-order valence-corrected chi connectivity index (χ3v) is 3.08. The topological polar surface area (TPSA) is 63.2 Å². The molecule has 1 aromatic rings. The second-order valence-electron chi connectivity index (χ2n) is 2.84. The SMILES string of the molecule is Cc1cccc(S(=O)(=O)NCC=O)c1. The van der Waals surface area contributed by atoms with E-state index in [0.29, 0.717) is 6.29 Å². The molecule has 14 heavy (non-hydrogen) atoms. The van der Waals surface area contributed by atoms with Gasteiger partial charge in [0.15, 0.2) is 0 Å². The van der Waals surface area contributed by atoms with Gasteiger partial charge in [0.25, 0.3) is 0 Å². The molecule has 1 aromatic carbocycles. The predicted molar refractivity (Wildman–Crippen MR) is 52.4 cm³/mol. The van der Waals surface area contributed by atoms with Crippen LogP contribution in [0.15, 0.2) is 29.2 Å². The molecule has 5 heteroatoms. The lowest BCUT2D eigenvalue weighted by molar-refractivity contribution is -0.106. The molecule has 0 saturated carbocycles. The Labute approximate surface area is 83.0 Å². The Morgan fingerprint density at radius 1 is 1.43 bits per heavy atom. The van der Waals surface area contributed by atoms with Crippen LogP contribution in [0, 0.1) is 6.92 Å². The lowest BCUT2D eigenvalue weighted by Gasteiger charge is -2.03. The van der Waals surface area contributed by atoms with Crippen molar-refractivity contribution in [3.05, 3.63) is 29.8 Å². The Morgan fingerprint density at radius 3 is 2.71 bits per heavy atom. The first kappa shape index (κ1) is 10.9. The lowest BCUT2D eigenvalue weighted by Crippen LogP contribution is -2.25. The summed E-state index contributed by atoms with van der Waals surface area (Å²) in [5, 5.41) is 0. The zero-order valence-corrected chi connectivity index (χ0v) is 8.54. The summed E-state index contributed by atoms with van der Waals surface area (Å²) in [6, 6.07) is 6.50. The monoisotopic (exact) mass is 213 g/mol. The van der Waals surface area contributed by atoms with Crippen LogP contribution in [0.25, 0.3) is 0 Å². The number of hydrogen-bond donors (Lipinski definition) is 1. The summed E-state index contributed by atoms with van der Waals surface area (Å²) in [6.07, 6.45) is 0.507. The van der Waals surface area contributed by atoms with Crippen molar-refractivity contribution in [2.24, 2.45) is 0 Å². The van der Waals surface area contributed by atoms with Crippen LogP contribution in [0.2, 0.25) is 0 Å². The molecule has 0 spiro atoms. The van der Waals surface area contributed by atoms with Crippen molar-refractivity contribution in [2.45, 2.75) is 11.8 Å². The van der Waals surface area contributed by atoms with Crippen molar-refractivity contribution in [2.75, 3.05) is 6.54 Å². The molecular formula is C9H11NO3S. The van der Waals surface area contributed by atoms with Gasteiger partial charge in [0.2, 0.25) is 10.0 Å². The minimum absolute atomic E-state index is 0.180. The fourth-order valence-corrected chi connectivity index (χ4v) is 2.06. The first-order chi connectivity index (χ1) is 6.56. The van der Waals surface area contributed by atoms with E-state index in [9.17, 15) is 13.2 Å². The van der Waals surface area contributed by atoms with Crippen molar-refractivity contribution in [3.8, 4) is 0 Å². The van der Waals surface area contributed by atoms with Crippen LogP contribution in [-0.2, 0) is 14.8 Å². The number of benzene rings is 1. The van der Waals surface area contributed by atoms with E-state index in [1.807, 2.05) is 0 Å². The fourth-order valence-electron chi connectivity index (χ4n) is 1.01. The van der Waals surface area contributed by atoms with E-state index in [-0.39, 0.29) is 11.4 Å². The molecule has 0 saturated heterocycles. The van der Waals surface area contributed by atoms with Gasteiger partial charge in [-0.25, -0.2) is 13.1 Å². The third-order valence-electron chi connectivity index (χ3n) is 1.66. The molecule has 0 fully saturated rings. The molecule has 0 bridgehead atoms. The van der Waals surface area contributed by atoms with Crippen molar-refractivity contribution in [1.82, 2.24) is 4.72 Å². The lowest BCUT2D eigenvalue weighted by atomic mass is 10.2. The number of aryl methyl sites for hydroxylation is 1. The summed E-state index contributed by atoms with van der Waals surface area (Å²) in [7, 11) is -3.53. The van der Waals surface area contributed by atoms with Crippen LogP contribution in [0.1, 0.15) is 5.56 Å². The number of aldehydes is 1. The van der Waals surface area contributed by atoms with Gasteiger partial charge in [0.05, 0.1) is 11.4 Å². The molecule has 0 aliphatic carbocycles. The second kappa shape index (κ2) is 4.34. The molecule has 1 N–H and O–H groups in total. The number of nitrogens with one attached hydrogen (secondary N) is 1. The van der Waals surface area contributed by atoms with Gasteiger partial charge in [-0.2, -0.15) is 0 Å². The highest BCUT2D eigenvalue weighted by Crippen LogP contribution is 2.09. The van der Waals surface area contributed by atoms with Crippen LogP contribution in [-0.4, -0.2) is 21.2 Å². The molecule has 0 heterocycles.